The Kier molecular flexibility index (Phi) is 9.43. The highest BCUT2D eigenvalue weighted by atomic mass is 35.5. The lowest BCUT2D eigenvalue weighted by molar-refractivity contribution is 0.321. The molecule has 94 valence electrons. The number of nitrogens with zero attached hydrogens (tertiary/aromatic N) is 1. The second-order valence-electron chi connectivity index (χ2n) is 3.63. The van der Waals surface area contributed by atoms with Crippen molar-refractivity contribution >= 4 is 30.5 Å². The lowest BCUT2D eigenvalue weighted by Crippen LogP contribution is -2.18. The van der Waals surface area contributed by atoms with E-state index in [1.807, 2.05) is 13.1 Å². The fraction of sp³-hybridized carbons (Fsp3) is 0.455. The first-order valence-corrected chi connectivity index (χ1v) is 4.89. The van der Waals surface area contributed by atoms with Gasteiger partial charge in [-0.3, -0.25) is 0 Å². The van der Waals surface area contributed by atoms with Crippen molar-refractivity contribution < 1.29 is 5.11 Å². The third-order valence-electron chi connectivity index (χ3n) is 2.15. The minimum Gasteiger partial charge on any atom is -0.508 e. The van der Waals surface area contributed by atoms with Crippen molar-refractivity contribution in [3.63, 3.8) is 0 Å². The zero-order chi connectivity index (χ0) is 10.6. The SMILES string of the molecule is CCCN(C)Cc1cc(N)ccc1O.Cl.Cl. The van der Waals surface area contributed by atoms with Gasteiger partial charge in [0.2, 0.25) is 0 Å². The molecule has 0 spiro atoms. The van der Waals surface area contributed by atoms with Crippen molar-refractivity contribution in [2.75, 3.05) is 19.3 Å². The van der Waals surface area contributed by atoms with Gasteiger partial charge in [-0.25, -0.2) is 0 Å². The molecule has 0 aliphatic heterocycles. The number of phenolic OH excluding ortho intramolecular Hbond substituents is 1. The van der Waals surface area contributed by atoms with Gasteiger partial charge < -0.3 is 15.7 Å². The van der Waals surface area contributed by atoms with Crippen molar-refractivity contribution in [2.24, 2.45) is 0 Å². The van der Waals surface area contributed by atoms with E-state index in [1.54, 1.807) is 12.1 Å². The molecule has 0 aliphatic rings. The van der Waals surface area contributed by atoms with Crippen LogP contribution in [0.5, 0.6) is 5.75 Å². The molecule has 0 radical (unpaired) electrons. The van der Waals surface area contributed by atoms with Gasteiger partial charge in [0.25, 0.3) is 0 Å². The molecule has 0 heterocycles. The minimum absolute atomic E-state index is 0. The number of anilines is 1. The van der Waals surface area contributed by atoms with Crippen LogP contribution in [0.1, 0.15) is 18.9 Å². The molecule has 16 heavy (non-hydrogen) atoms. The number of halogens is 2. The molecule has 0 amide bonds. The van der Waals surface area contributed by atoms with E-state index in [4.69, 9.17) is 5.73 Å². The van der Waals surface area contributed by atoms with Crippen LogP contribution in [-0.2, 0) is 6.54 Å². The van der Waals surface area contributed by atoms with E-state index < -0.39 is 0 Å². The molecular weight excluding hydrogens is 247 g/mol. The lowest BCUT2D eigenvalue weighted by atomic mass is 10.1. The second kappa shape index (κ2) is 8.50. The highest BCUT2D eigenvalue weighted by molar-refractivity contribution is 5.85. The first kappa shape index (κ1) is 17.7. The van der Waals surface area contributed by atoms with Crippen LogP contribution in [0, 0.1) is 0 Å². The standard InChI is InChI=1S/C11H18N2O.2ClH/c1-3-6-13(2)8-9-7-10(12)4-5-11(9)14;;/h4-5,7,14H,3,6,8,12H2,1-2H3;2*1H. The number of hydrogen-bond donors (Lipinski definition) is 2. The molecule has 1 rings (SSSR count). The van der Waals surface area contributed by atoms with Crippen molar-refractivity contribution in [1.82, 2.24) is 4.90 Å². The number of aromatic hydroxyl groups is 1. The molecule has 0 aliphatic carbocycles. The van der Waals surface area contributed by atoms with Crippen molar-refractivity contribution in [3.05, 3.63) is 23.8 Å². The monoisotopic (exact) mass is 266 g/mol. The Bertz CT molecular complexity index is 308. The van der Waals surface area contributed by atoms with Crippen molar-refractivity contribution in [3.8, 4) is 5.75 Å². The third-order valence-corrected chi connectivity index (χ3v) is 2.15. The smallest absolute Gasteiger partial charge is 0.120 e. The van der Waals surface area contributed by atoms with E-state index in [1.165, 1.54) is 0 Å². The van der Waals surface area contributed by atoms with Crippen molar-refractivity contribution in [1.29, 1.82) is 0 Å². The molecule has 0 fully saturated rings. The van der Waals surface area contributed by atoms with Gasteiger partial charge in [0.1, 0.15) is 5.75 Å². The predicted octanol–water partition coefficient (Wildman–Crippen LogP) is 2.66. The number of nitrogen functional groups attached to an aromatic ring is 1. The molecule has 1 aromatic carbocycles. The van der Waals surface area contributed by atoms with Crippen LogP contribution in [0.15, 0.2) is 18.2 Å². The summed E-state index contributed by atoms with van der Waals surface area (Å²) in [7, 11) is 2.03. The van der Waals surface area contributed by atoms with Crippen molar-refractivity contribution in [2.45, 2.75) is 19.9 Å². The molecule has 0 aromatic heterocycles. The number of hydrogen-bond acceptors (Lipinski definition) is 3. The van der Waals surface area contributed by atoms with Gasteiger partial charge in [-0.05, 0) is 38.2 Å². The Morgan fingerprint density at radius 3 is 2.50 bits per heavy atom. The van der Waals surface area contributed by atoms with E-state index in [2.05, 4.69) is 11.8 Å². The second-order valence-corrected chi connectivity index (χ2v) is 3.63. The van der Waals surface area contributed by atoms with Gasteiger partial charge in [0, 0.05) is 17.8 Å². The number of phenols is 1. The molecule has 3 N–H and O–H groups in total. The molecule has 3 nitrogen and oxygen atoms in total. The van der Waals surface area contributed by atoms with E-state index in [9.17, 15) is 5.11 Å². The summed E-state index contributed by atoms with van der Waals surface area (Å²) in [6.45, 7) is 3.90. The third kappa shape index (κ3) is 5.45. The zero-order valence-electron chi connectivity index (χ0n) is 9.64. The topological polar surface area (TPSA) is 49.5 Å². The van der Waals surface area contributed by atoms with Gasteiger partial charge in [-0.2, -0.15) is 0 Å². The summed E-state index contributed by atoms with van der Waals surface area (Å²) in [6.07, 6.45) is 1.11. The fourth-order valence-electron chi connectivity index (χ4n) is 1.48. The van der Waals surface area contributed by atoms with Crippen LogP contribution in [0.4, 0.5) is 5.69 Å². The highest BCUT2D eigenvalue weighted by Crippen LogP contribution is 2.20. The first-order valence-electron chi connectivity index (χ1n) is 4.89. The van der Waals surface area contributed by atoms with Gasteiger partial charge in [-0.15, -0.1) is 24.8 Å². The van der Waals surface area contributed by atoms with Crippen LogP contribution >= 0.6 is 24.8 Å². The lowest BCUT2D eigenvalue weighted by Gasteiger charge is -2.16. The van der Waals surface area contributed by atoms with Crippen LogP contribution < -0.4 is 5.73 Å². The van der Waals surface area contributed by atoms with Crippen LogP contribution in [0.2, 0.25) is 0 Å². The number of nitrogens with two attached hydrogens (primary N) is 1. The Hall–Kier alpha value is -0.640. The maximum atomic E-state index is 9.57. The molecule has 0 saturated heterocycles. The summed E-state index contributed by atoms with van der Waals surface area (Å²) in [4.78, 5) is 2.16. The number of rotatable bonds is 4. The van der Waals surface area contributed by atoms with Gasteiger partial charge in [0.05, 0.1) is 0 Å². The molecule has 0 atom stereocenters. The van der Waals surface area contributed by atoms with E-state index in [0.29, 0.717) is 11.4 Å². The average molecular weight is 267 g/mol. The van der Waals surface area contributed by atoms with E-state index in [0.717, 1.165) is 25.1 Å². The summed E-state index contributed by atoms with van der Waals surface area (Å²) in [5.74, 6) is 0.321. The quantitative estimate of drug-likeness (QED) is 0.651. The predicted molar refractivity (Wildman–Crippen MR) is 73.6 cm³/mol. The minimum atomic E-state index is 0. The molecular formula is C11H20Cl2N2O. The molecule has 0 bridgehead atoms. The summed E-state index contributed by atoms with van der Waals surface area (Å²) in [5.41, 5.74) is 7.23. The summed E-state index contributed by atoms with van der Waals surface area (Å²) < 4.78 is 0. The number of benzene rings is 1. The Morgan fingerprint density at radius 1 is 1.31 bits per heavy atom. The summed E-state index contributed by atoms with van der Waals surface area (Å²) in [5, 5.41) is 9.57. The molecule has 1 aromatic rings. The maximum absolute atomic E-state index is 9.57. The van der Waals surface area contributed by atoms with Crippen LogP contribution in [0.25, 0.3) is 0 Å². The Morgan fingerprint density at radius 2 is 1.94 bits per heavy atom. The van der Waals surface area contributed by atoms with E-state index in [-0.39, 0.29) is 24.8 Å². The Labute approximate surface area is 109 Å². The molecule has 5 heteroatoms. The van der Waals surface area contributed by atoms with E-state index >= 15 is 0 Å². The van der Waals surface area contributed by atoms with Gasteiger partial charge in [0.15, 0.2) is 0 Å². The summed E-state index contributed by atoms with van der Waals surface area (Å²) >= 11 is 0. The van der Waals surface area contributed by atoms with Gasteiger partial charge in [-0.1, -0.05) is 6.92 Å². The highest BCUT2D eigenvalue weighted by Gasteiger charge is 2.04. The summed E-state index contributed by atoms with van der Waals surface area (Å²) in [6, 6.07) is 5.17. The molecule has 0 saturated carbocycles. The van der Waals surface area contributed by atoms with Crippen LogP contribution in [-0.4, -0.2) is 23.6 Å². The zero-order valence-corrected chi connectivity index (χ0v) is 11.3. The van der Waals surface area contributed by atoms with Gasteiger partial charge >= 0.3 is 0 Å². The normalized spacial score (nSPS) is 9.44. The van der Waals surface area contributed by atoms with Crippen LogP contribution in [0.3, 0.4) is 0 Å². The maximum Gasteiger partial charge on any atom is 0.120 e. The Balaban J connectivity index is 0. The first-order chi connectivity index (χ1) is 6.63. The largest absolute Gasteiger partial charge is 0.508 e. The average Bonchev–Trinajstić information content (AvgIpc) is 2.12. The molecule has 0 unspecified atom stereocenters. The fourth-order valence-corrected chi connectivity index (χ4v) is 1.48.